The number of carbonyl (C=O) groups is 2. The molecule has 2 fully saturated rings. The molecule has 0 saturated carbocycles. The summed E-state index contributed by atoms with van der Waals surface area (Å²) >= 11 is 0. The van der Waals surface area contributed by atoms with Crippen LogP contribution in [0.3, 0.4) is 0 Å². The summed E-state index contributed by atoms with van der Waals surface area (Å²) in [5.74, 6) is 0.783. The highest BCUT2D eigenvalue weighted by molar-refractivity contribution is 6.31. The van der Waals surface area contributed by atoms with Crippen LogP contribution in [0.5, 0.6) is 0 Å². The van der Waals surface area contributed by atoms with Crippen molar-refractivity contribution in [3.05, 3.63) is 66.2 Å². The molecule has 3 N–H and O–H groups in total. The molecule has 0 aromatic carbocycles. The molecular formula is C29H33N11O3. The number of anilines is 1. The second-order valence-corrected chi connectivity index (χ2v) is 10.6. The van der Waals surface area contributed by atoms with Gasteiger partial charge in [-0.3, -0.25) is 20.2 Å². The number of ether oxygens (including phenoxy) is 1. The Balaban J connectivity index is 1.14. The molecule has 0 aliphatic carbocycles. The van der Waals surface area contributed by atoms with Gasteiger partial charge in [-0.15, -0.1) is 0 Å². The third-order valence-corrected chi connectivity index (χ3v) is 7.62. The minimum atomic E-state index is -0.135. The second-order valence-electron chi connectivity index (χ2n) is 10.6. The fraction of sp³-hybridized carbons (Fsp3) is 0.345. The number of amides is 3. The van der Waals surface area contributed by atoms with Gasteiger partial charge in [-0.05, 0) is 31.2 Å². The van der Waals surface area contributed by atoms with Crippen LogP contribution in [0.4, 0.5) is 10.5 Å². The zero-order valence-corrected chi connectivity index (χ0v) is 24.1. The number of urea groups is 1. The van der Waals surface area contributed by atoms with Crippen molar-refractivity contribution in [2.45, 2.75) is 6.92 Å². The number of aromatic amines is 1. The first kappa shape index (κ1) is 28.2. The number of aliphatic imine (C=N–C) groups is 1. The Hall–Kier alpha value is -4.95. The molecule has 222 valence electrons. The Morgan fingerprint density at radius 3 is 2.60 bits per heavy atom. The zero-order valence-electron chi connectivity index (χ0n) is 24.1. The van der Waals surface area contributed by atoms with E-state index >= 15 is 0 Å². The molecule has 14 heteroatoms. The number of imidazole rings is 1. The van der Waals surface area contributed by atoms with Gasteiger partial charge in [0.15, 0.2) is 11.7 Å². The lowest BCUT2D eigenvalue weighted by Crippen LogP contribution is -2.48. The third-order valence-electron chi connectivity index (χ3n) is 7.62. The summed E-state index contributed by atoms with van der Waals surface area (Å²) in [6, 6.07) is 1.73. The number of nitrogens with zero attached hydrogens (tertiary/aromatic N) is 8. The van der Waals surface area contributed by atoms with Gasteiger partial charge in [-0.1, -0.05) is 6.58 Å². The summed E-state index contributed by atoms with van der Waals surface area (Å²) in [6.45, 7) is 11.2. The Kier molecular flexibility index (Phi) is 7.94. The molecule has 3 aromatic rings. The van der Waals surface area contributed by atoms with Crippen LogP contribution in [0.2, 0.25) is 0 Å². The Bertz CT molecular complexity index is 1660. The van der Waals surface area contributed by atoms with Crippen LogP contribution in [-0.2, 0) is 4.74 Å². The van der Waals surface area contributed by atoms with Crippen LogP contribution in [0.1, 0.15) is 28.7 Å². The number of morpholine rings is 1. The van der Waals surface area contributed by atoms with Crippen LogP contribution in [0, 0.1) is 0 Å². The van der Waals surface area contributed by atoms with Crippen molar-refractivity contribution in [2.75, 3.05) is 64.8 Å². The van der Waals surface area contributed by atoms with Gasteiger partial charge in [0.25, 0.3) is 5.91 Å². The highest BCUT2D eigenvalue weighted by atomic mass is 16.5. The number of likely N-dealkylation sites (N-methyl/N-ethyl adjacent to an activating group) is 1. The molecular weight excluding hydrogens is 550 g/mol. The Morgan fingerprint density at radius 1 is 1.05 bits per heavy atom. The molecule has 0 bridgehead atoms. The number of pyridine rings is 2. The van der Waals surface area contributed by atoms with Crippen molar-refractivity contribution in [3.8, 4) is 0 Å². The maximum Gasteiger partial charge on any atom is 0.321 e. The standard InChI is InChI=1S/C29H33N11O3/c1-18(20-12-21(15-30-14-20)33-29(42)40-6-4-38(3)5-7-40)13-32-26-19(2)24(36-37-26)27-34-23-17-31-16-22(25(23)35-27)28(41)39-8-10-43-11-9-39/h12-17H,2,4-11H2,1,3H3,(H,32,37)(H,33,42)(H,34,35)/b18-13+. The van der Waals surface area contributed by atoms with E-state index in [0.717, 1.165) is 24.2 Å². The fourth-order valence-electron chi connectivity index (χ4n) is 4.97. The Morgan fingerprint density at radius 2 is 1.81 bits per heavy atom. The van der Waals surface area contributed by atoms with Crippen molar-refractivity contribution < 1.29 is 14.3 Å². The zero-order chi connectivity index (χ0) is 29.9. The second kappa shape index (κ2) is 12.1. The van der Waals surface area contributed by atoms with Crippen LogP contribution >= 0.6 is 0 Å². The lowest BCUT2D eigenvalue weighted by Gasteiger charge is -2.32. The molecule has 0 unspecified atom stereocenters. The average Bonchev–Trinajstić information content (AvgIpc) is 3.63. The maximum atomic E-state index is 13.1. The first-order chi connectivity index (χ1) is 20.9. The quantitative estimate of drug-likeness (QED) is 0.411. The van der Waals surface area contributed by atoms with Crippen molar-refractivity contribution >= 4 is 45.8 Å². The summed E-state index contributed by atoms with van der Waals surface area (Å²) in [5, 5.41) is 7.33. The van der Waals surface area contributed by atoms with E-state index < -0.39 is 0 Å². The lowest BCUT2D eigenvalue weighted by molar-refractivity contribution is 0.0304. The fourth-order valence-corrected chi connectivity index (χ4v) is 4.97. The number of carbonyl (C=O) groups excluding carboxylic acids is 2. The SMILES string of the molecule is C=C1C(c2nc3c(C(=O)N4CCOCC4)cncc3[nH]2)=NN/C1=N/C=C(\C)c1cncc(NC(=O)N2CCN(C)CC2)c1. The number of hydrogen-bond donors (Lipinski definition) is 3. The minimum absolute atomic E-state index is 0.134. The van der Waals surface area contributed by atoms with Gasteiger partial charge in [0.05, 0.1) is 42.4 Å². The number of amidine groups is 1. The molecule has 0 spiro atoms. The average molecular weight is 584 g/mol. The van der Waals surface area contributed by atoms with E-state index in [1.54, 1.807) is 34.6 Å². The van der Waals surface area contributed by atoms with E-state index in [9.17, 15) is 9.59 Å². The first-order valence-corrected chi connectivity index (χ1v) is 14.1. The summed E-state index contributed by atoms with van der Waals surface area (Å²) < 4.78 is 5.37. The molecule has 3 aliphatic rings. The minimum Gasteiger partial charge on any atom is -0.378 e. The number of piperazine rings is 1. The lowest BCUT2D eigenvalue weighted by atomic mass is 10.1. The van der Waals surface area contributed by atoms with Crippen molar-refractivity contribution in [2.24, 2.45) is 10.1 Å². The molecule has 6 rings (SSSR count). The molecule has 6 heterocycles. The first-order valence-electron chi connectivity index (χ1n) is 14.1. The van der Waals surface area contributed by atoms with E-state index in [1.165, 1.54) is 6.20 Å². The number of rotatable bonds is 5. The summed E-state index contributed by atoms with van der Waals surface area (Å²) in [4.78, 5) is 52.6. The van der Waals surface area contributed by atoms with Gasteiger partial charge in [0, 0.05) is 63.4 Å². The summed E-state index contributed by atoms with van der Waals surface area (Å²) in [6.07, 6.45) is 8.20. The van der Waals surface area contributed by atoms with E-state index in [1.807, 2.05) is 20.0 Å². The Labute approximate surface area is 248 Å². The largest absolute Gasteiger partial charge is 0.378 e. The number of nitrogens with one attached hydrogen (secondary N) is 3. The van der Waals surface area contributed by atoms with Gasteiger partial charge < -0.3 is 29.7 Å². The molecule has 3 aromatic heterocycles. The predicted octanol–water partition coefficient (Wildman–Crippen LogP) is 1.93. The van der Waals surface area contributed by atoms with Crippen LogP contribution < -0.4 is 10.7 Å². The van der Waals surface area contributed by atoms with Gasteiger partial charge in [0.1, 0.15) is 11.2 Å². The monoisotopic (exact) mass is 583 g/mol. The topological polar surface area (TPSA) is 156 Å². The number of hydrogen-bond acceptors (Lipinski definition) is 9. The van der Waals surface area contributed by atoms with Crippen molar-refractivity contribution in [1.29, 1.82) is 0 Å². The highest BCUT2D eigenvalue weighted by Gasteiger charge is 2.26. The molecule has 2 saturated heterocycles. The van der Waals surface area contributed by atoms with Gasteiger partial charge in [-0.2, -0.15) is 5.10 Å². The number of aromatic nitrogens is 4. The van der Waals surface area contributed by atoms with Crippen LogP contribution in [0.25, 0.3) is 16.6 Å². The molecule has 0 radical (unpaired) electrons. The van der Waals surface area contributed by atoms with E-state index in [4.69, 9.17) is 4.74 Å². The molecule has 14 nitrogen and oxygen atoms in total. The van der Waals surface area contributed by atoms with Gasteiger partial charge in [-0.25, -0.2) is 14.8 Å². The van der Waals surface area contributed by atoms with Gasteiger partial charge >= 0.3 is 6.03 Å². The van der Waals surface area contributed by atoms with Crippen molar-refractivity contribution in [1.82, 2.24) is 40.1 Å². The third kappa shape index (κ3) is 6.01. The molecule has 3 aliphatic heterocycles. The molecule has 0 atom stereocenters. The van der Waals surface area contributed by atoms with E-state index in [2.05, 4.69) is 52.3 Å². The number of hydrazone groups is 1. The summed E-state index contributed by atoms with van der Waals surface area (Å²) in [7, 11) is 2.05. The number of allylic oxidation sites excluding steroid dienone is 1. The van der Waals surface area contributed by atoms with Crippen molar-refractivity contribution in [3.63, 3.8) is 0 Å². The molecule has 3 amide bonds. The highest BCUT2D eigenvalue weighted by Crippen LogP contribution is 2.22. The number of H-pyrrole nitrogens is 1. The summed E-state index contributed by atoms with van der Waals surface area (Å²) in [5.41, 5.74) is 7.77. The predicted molar refractivity (Wildman–Crippen MR) is 163 cm³/mol. The van der Waals surface area contributed by atoms with E-state index in [-0.39, 0.29) is 11.9 Å². The number of fused-ring (bicyclic) bond motifs is 1. The smallest absolute Gasteiger partial charge is 0.321 e. The van der Waals surface area contributed by atoms with Crippen LogP contribution in [-0.4, -0.2) is 118 Å². The normalized spacial score (nSPS) is 19.1. The van der Waals surface area contributed by atoms with Gasteiger partial charge in [0.2, 0.25) is 0 Å². The van der Waals surface area contributed by atoms with Crippen LogP contribution in [0.15, 0.2) is 59.3 Å². The van der Waals surface area contributed by atoms with E-state index in [0.29, 0.717) is 84.6 Å². The maximum absolute atomic E-state index is 13.1. The molecule has 43 heavy (non-hydrogen) atoms.